The summed E-state index contributed by atoms with van der Waals surface area (Å²) in [6, 6.07) is 5.55. The Morgan fingerprint density at radius 1 is 1.31 bits per heavy atom. The number of hydrogen-bond acceptors (Lipinski definition) is 2. The van der Waals surface area contributed by atoms with E-state index in [2.05, 4.69) is 18.7 Å². The van der Waals surface area contributed by atoms with E-state index in [0.29, 0.717) is 17.1 Å². The first-order valence-corrected chi connectivity index (χ1v) is 5.98. The molecule has 0 amide bonds. The minimum Gasteiger partial charge on any atom is -0.296 e. The number of benzene rings is 1. The number of carbonyl (C=O) groups is 1. The highest BCUT2D eigenvalue weighted by atomic mass is 35.5. The number of ketones is 1. The van der Waals surface area contributed by atoms with Crippen LogP contribution >= 0.6 is 11.6 Å². The molecule has 1 aromatic rings. The van der Waals surface area contributed by atoms with Crippen LogP contribution in [-0.2, 0) is 0 Å². The van der Waals surface area contributed by atoms with Gasteiger partial charge in [-0.05, 0) is 32.1 Å². The van der Waals surface area contributed by atoms with Gasteiger partial charge < -0.3 is 0 Å². The lowest BCUT2D eigenvalue weighted by Gasteiger charge is -2.17. The van der Waals surface area contributed by atoms with E-state index in [4.69, 9.17) is 11.6 Å². The number of carbonyl (C=O) groups excluding carboxylic acids is 1. The predicted octanol–water partition coefficient (Wildman–Crippen LogP) is 3.17. The molecule has 0 aliphatic heterocycles. The molecule has 3 heteroatoms. The second-order valence-corrected chi connectivity index (χ2v) is 4.28. The Kier molecular flexibility index (Phi) is 4.97. The number of hydrogen-bond donors (Lipinski definition) is 0. The van der Waals surface area contributed by atoms with Crippen molar-refractivity contribution in [3.63, 3.8) is 0 Å². The van der Waals surface area contributed by atoms with E-state index >= 15 is 0 Å². The van der Waals surface area contributed by atoms with Crippen LogP contribution in [0.15, 0.2) is 18.2 Å². The zero-order chi connectivity index (χ0) is 12.1. The van der Waals surface area contributed by atoms with Crippen LogP contribution in [0.5, 0.6) is 0 Å². The third kappa shape index (κ3) is 3.32. The van der Waals surface area contributed by atoms with Crippen LogP contribution in [0.2, 0.25) is 5.02 Å². The normalized spacial score (nSPS) is 10.8. The number of rotatable bonds is 5. The fourth-order valence-corrected chi connectivity index (χ4v) is 1.81. The first-order valence-electron chi connectivity index (χ1n) is 5.60. The molecule has 16 heavy (non-hydrogen) atoms. The molecule has 0 aliphatic carbocycles. The van der Waals surface area contributed by atoms with Gasteiger partial charge in [-0.1, -0.05) is 37.1 Å². The summed E-state index contributed by atoms with van der Waals surface area (Å²) < 4.78 is 0. The van der Waals surface area contributed by atoms with Crippen LogP contribution in [-0.4, -0.2) is 30.3 Å². The van der Waals surface area contributed by atoms with Gasteiger partial charge in [0.05, 0.1) is 11.6 Å². The molecule has 2 nitrogen and oxygen atoms in total. The van der Waals surface area contributed by atoms with Crippen molar-refractivity contribution in [1.82, 2.24) is 4.90 Å². The van der Waals surface area contributed by atoms with Crippen molar-refractivity contribution in [1.29, 1.82) is 0 Å². The number of nitrogens with zero attached hydrogens (tertiary/aromatic N) is 1. The molecule has 0 saturated heterocycles. The lowest BCUT2D eigenvalue weighted by atomic mass is 10.1. The number of likely N-dealkylation sites (N-methyl/N-ethyl adjacent to an activating group) is 1. The van der Waals surface area contributed by atoms with Crippen LogP contribution < -0.4 is 0 Å². The highest BCUT2D eigenvalue weighted by molar-refractivity contribution is 6.34. The van der Waals surface area contributed by atoms with E-state index in [9.17, 15) is 4.79 Å². The smallest absolute Gasteiger partial charge is 0.178 e. The van der Waals surface area contributed by atoms with Gasteiger partial charge in [-0.3, -0.25) is 9.69 Å². The lowest BCUT2D eigenvalue weighted by Crippen LogP contribution is -2.29. The molecule has 0 saturated carbocycles. The number of aryl methyl sites for hydroxylation is 1. The van der Waals surface area contributed by atoms with Crippen molar-refractivity contribution in [3.05, 3.63) is 34.3 Å². The first kappa shape index (κ1) is 13.2. The van der Waals surface area contributed by atoms with Gasteiger partial charge in [-0.25, -0.2) is 0 Å². The van der Waals surface area contributed by atoms with E-state index in [0.717, 1.165) is 18.7 Å². The van der Waals surface area contributed by atoms with Crippen LogP contribution in [0.4, 0.5) is 0 Å². The summed E-state index contributed by atoms with van der Waals surface area (Å²) in [4.78, 5) is 14.1. The maximum atomic E-state index is 12.0. The van der Waals surface area contributed by atoms with Gasteiger partial charge in [0.2, 0.25) is 0 Å². The Bertz CT molecular complexity index is 372. The van der Waals surface area contributed by atoms with Crippen molar-refractivity contribution >= 4 is 17.4 Å². The SMILES string of the molecule is CCN(CC)CC(=O)c1cc(C)ccc1Cl. The standard InChI is InChI=1S/C13H18ClNO/c1-4-15(5-2)9-13(16)11-8-10(3)6-7-12(11)14/h6-8H,4-5,9H2,1-3H3. The summed E-state index contributed by atoms with van der Waals surface area (Å²) in [5.74, 6) is 0.0948. The van der Waals surface area contributed by atoms with E-state index in [-0.39, 0.29) is 5.78 Å². The van der Waals surface area contributed by atoms with E-state index < -0.39 is 0 Å². The maximum absolute atomic E-state index is 12.0. The Hall–Kier alpha value is -0.860. The van der Waals surface area contributed by atoms with Gasteiger partial charge in [0.15, 0.2) is 5.78 Å². The van der Waals surface area contributed by atoms with Crippen molar-refractivity contribution in [3.8, 4) is 0 Å². The van der Waals surface area contributed by atoms with E-state index in [1.807, 2.05) is 19.1 Å². The Labute approximate surface area is 102 Å². The van der Waals surface area contributed by atoms with Crippen LogP contribution in [0.3, 0.4) is 0 Å². The molecule has 0 radical (unpaired) electrons. The van der Waals surface area contributed by atoms with Crippen molar-refractivity contribution in [2.24, 2.45) is 0 Å². The average Bonchev–Trinajstić information content (AvgIpc) is 2.28. The van der Waals surface area contributed by atoms with Crippen molar-refractivity contribution < 1.29 is 4.79 Å². The van der Waals surface area contributed by atoms with Gasteiger partial charge in [-0.15, -0.1) is 0 Å². The van der Waals surface area contributed by atoms with Gasteiger partial charge in [-0.2, -0.15) is 0 Å². The lowest BCUT2D eigenvalue weighted by molar-refractivity contribution is 0.0937. The molecule has 0 spiro atoms. The molecule has 0 heterocycles. The Balaban J connectivity index is 2.83. The highest BCUT2D eigenvalue weighted by Gasteiger charge is 2.13. The molecule has 0 bridgehead atoms. The Morgan fingerprint density at radius 2 is 1.94 bits per heavy atom. The predicted molar refractivity (Wildman–Crippen MR) is 68.3 cm³/mol. The fraction of sp³-hybridized carbons (Fsp3) is 0.462. The molecule has 0 unspecified atom stereocenters. The topological polar surface area (TPSA) is 20.3 Å². The minimum absolute atomic E-state index is 0.0948. The minimum atomic E-state index is 0.0948. The zero-order valence-corrected chi connectivity index (χ0v) is 10.8. The summed E-state index contributed by atoms with van der Waals surface area (Å²) >= 11 is 6.02. The Morgan fingerprint density at radius 3 is 2.50 bits per heavy atom. The molecule has 0 aromatic heterocycles. The second kappa shape index (κ2) is 6.02. The summed E-state index contributed by atoms with van der Waals surface area (Å²) in [5.41, 5.74) is 1.70. The van der Waals surface area contributed by atoms with Crippen LogP contribution in [0, 0.1) is 6.92 Å². The summed E-state index contributed by atoms with van der Waals surface area (Å²) in [5, 5.41) is 0.544. The van der Waals surface area contributed by atoms with Gasteiger partial charge in [0, 0.05) is 5.56 Å². The average molecular weight is 240 g/mol. The quantitative estimate of drug-likeness (QED) is 0.736. The summed E-state index contributed by atoms with van der Waals surface area (Å²) in [7, 11) is 0. The van der Waals surface area contributed by atoms with E-state index in [1.54, 1.807) is 6.07 Å². The number of halogens is 1. The monoisotopic (exact) mass is 239 g/mol. The molecular weight excluding hydrogens is 222 g/mol. The zero-order valence-electron chi connectivity index (χ0n) is 10.1. The summed E-state index contributed by atoms with van der Waals surface area (Å²) in [6.45, 7) is 8.27. The van der Waals surface area contributed by atoms with Crippen LogP contribution in [0.1, 0.15) is 29.8 Å². The molecular formula is C13H18ClNO. The summed E-state index contributed by atoms with van der Waals surface area (Å²) in [6.07, 6.45) is 0. The molecule has 1 rings (SSSR count). The first-order chi connectivity index (χ1) is 7.58. The molecule has 1 aromatic carbocycles. The van der Waals surface area contributed by atoms with E-state index in [1.165, 1.54) is 0 Å². The third-order valence-corrected chi connectivity index (χ3v) is 3.01. The third-order valence-electron chi connectivity index (χ3n) is 2.68. The van der Waals surface area contributed by atoms with Gasteiger partial charge in [0.1, 0.15) is 0 Å². The van der Waals surface area contributed by atoms with Gasteiger partial charge in [0.25, 0.3) is 0 Å². The molecule has 0 fully saturated rings. The largest absolute Gasteiger partial charge is 0.296 e. The highest BCUT2D eigenvalue weighted by Crippen LogP contribution is 2.18. The van der Waals surface area contributed by atoms with Crippen LogP contribution in [0.25, 0.3) is 0 Å². The molecule has 0 atom stereocenters. The van der Waals surface area contributed by atoms with Crippen molar-refractivity contribution in [2.45, 2.75) is 20.8 Å². The number of Topliss-reactive ketones (excluding diaryl/α,β-unsaturated/α-hetero) is 1. The maximum Gasteiger partial charge on any atom is 0.178 e. The molecule has 0 aliphatic rings. The fourth-order valence-electron chi connectivity index (χ4n) is 1.59. The van der Waals surface area contributed by atoms with Crippen molar-refractivity contribution in [2.75, 3.05) is 19.6 Å². The van der Waals surface area contributed by atoms with Gasteiger partial charge >= 0.3 is 0 Å². The molecule has 88 valence electrons. The second-order valence-electron chi connectivity index (χ2n) is 3.87. The molecule has 0 N–H and O–H groups in total.